The maximum atomic E-state index is 12.6. The van der Waals surface area contributed by atoms with Crippen molar-refractivity contribution in [3.05, 3.63) is 72.9 Å². The number of esters is 1. The number of hydrogen-bond donors (Lipinski definition) is 2. The molecule has 0 radical (unpaired) electrons. The van der Waals surface area contributed by atoms with E-state index in [0.717, 1.165) is 83.5 Å². The van der Waals surface area contributed by atoms with Gasteiger partial charge in [0.2, 0.25) is 0 Å². The molecule has 0 rings (SSSR count). The molecule has 354 valence electrons. The Kier molecular flexibility index (Phi) is 47.3. The van der Waals surface area contributed by atoms with Crippen molar-refractivity contribution in [2.75, 3.05) is 33.0 Å². The van der Waals surface area contributed by atoms with Gasteiger partial charge in [0.05, 0.1) is 19.8 Å². The molecule has 0 aliphatic rings. The maximum Gasteiger partial charge on any atom is 0.472 e. The topological polar surface area (TPSA) is 117 Å². The molecule has 0 aliphatic heterocycles. The average molecular weight is 876 g/mol. The molecule has 3 N–H and O–H groups in total. The zero-order chi connectivity index (χ0) is 44.4. The molecule has 0 bridgehead atoms. The van der Waals surface area contributed by atoms with Crippen molar-refractivity contribution >= 4 is 13.8 Å². The second kappa shape index (κ2) is 49.0. The molecule has 2 unspecified atom stereocenters. The van der Waals surface area contributed by atoms with Crippen LogP contribution in [-0.4, -0.2) is 49.9 Å². The number of nitrogens with two attached hydrogens (primary N) is 1. The number of carbonyl (C=O) groups is 1. The summed E-state index contributed by atoms with van der Waals surface area (Å²) in [4.78, 5) is 22.6. The van der Waals surface area contributed by atoms with E-state index >= 15 is 0 Å². The number of allylic oxidation sites excluding steroid dienone is 12. The zero-order valence-corrected chi connectivity index (χ0v) is 40.3. The number of rotatable bonds is 47. The second-order valence-electron chi connectivity index (χ2n) is 16.3. The zero-order valence-electron chi connectivity index (χ0n) is 39.4. The summed E-state index contributed by atoms with van der Waals surface area (Å²) >= 11 is 0. The summed E-state index contributed by atoms with van der Waals surface area (Å²) in [5.41, 5.74) is 5.38. The lowest BCUT2D eigenvalue weighted by Crippen LogP contribution is -2.28. The molecule has 0 aliphatic carbocycles. The van der Waals surface area contributed by atoms with Crippen molar-refractivity contribution in [1.29, 1.82) is 0 Å². The number of unbranched alkanes of at least 4 members (excludes halogenated alkanes) is 22. The largest absolute Gasteiger partial charge is 0.472 e. The molecule has 9 heteroatoms. The third-order valence-electron chi connectivity index (χ3n) is 10.4. The Morgan fingerprint density at radius 3 is 1.38 bits per heavy atom. The fraction of sp³-hybridized carbons (Fsp3) is 0.750. The molecular formula is C52H94NO7P. The molecule has 0 aromatic rings. The Balaban J connectivity index is 4.03. The number of phosphoric ester groups is 1. The SMILES string of the molecule is CC/C=C\C/C=C\C/C=C\C/C=C\C/C=C\C/C=C\CCCCCCC(=O)OC(COCCCCCCCCCCCCCCCCCCCCC)COP(=O)(O)OCCN. The Labute approximate surface area is 376 Å². The number of carbonyl (C=O) groups excluding carboxylic acids is 1. The molecular weight excluding hydrogens is 782 g/mol. The molecule has 0 amide bonds. The van der Waals surface area contributed by atoms with Gasteiger partial charge in [-0.05, 0) is 64.2 Å². The molecule has 0 aromatic carbocycles. The van der Waals surface area contributed by atoms with Gasteiger partial charge in [-0.25, -0.2) is 4.57 Å². The number of hydrogen-bond acceptors (Lipinski definition) is 7. The van der Waals surface area contributed by atoms with E-state index in [2.05, 4.69) is 86.8 Å². The summed E-state index contributed by atoms with van der Waals surface area (Å²) in [5, 5.41) is 0. The highest BCUT2D eigenvalue weighted by Crippen LogP contribution is 2.43. The van der Waals surface area contributed by atoms with Crippen LogP contribution in [-0.2, 0) is 27.9 Å². The van der Waals surface area contributed by atoms with Crippen LogP contribution >= 0.6 is 7.82 Å². The molecule has 8 nitrogen and oxygen atoms in total. The third-order valence-corrected chi connectivity index (χ3v) is 11.4. The lowest BCUT2D eigenvalue weighted by atomic mass is 10.0. The Hall–Kier alpha value is -2.06. The number of phosphoric acid groups is 1. The Morgan fingerprint density at radius 1 is 0.508 bits per heavy atom. The normalized spacial score (nSPS) is 14.0. The minimum Gasteiger partial charge on any atom is -0.457 e. The van der Waals surface area contributed by atoms with Gasteiger partial charge in [0.25, 0.3) is 0 Å². The van der Waals surface area contributed by atoms with E-state index in [1.807, 2.05) is 0 Å². The monoisotopic (exact) mass is 876 g/mol. The van der Waals surface area contributed by atoms with Crippen LogP contribution in [0.25, 0.3) is 0 Å². The van der Waals surface area contributed by atoms with E-state index in [9.17, 15) is 14.3 Å². The van der Waals surface area contributed by atoms with Gasteiger partial charge in [-0.1, -0.05) is 215 Å². The van der Waals surface area contributed by atoms with Crippen LogP contribution in [0.4, 0.5) is 0 Å². The highest BCUT2D eigenvalue weighted by molar-refractivity contribution is 7.47. The van der Waals surface area contributed by atoms with Crippen molar-refractivity contribution in [3.8, 4) is 0 Å². The van der Waals surface area contributed by atoms with Crippen LogP contribution in [0.2, 0.25) is 0 Å². The Morgan fingerprint density at radius 2 is 0.918 bits per heavy atom. The first-order chi connectivity index (χ1) is 29.9. The first kappa shape index (κ1) is 58.9. The molecule has 0 aromatic heterocycles. The van der Waals surface area contributed by atoms with Gasteiger partial charge in [0.1, 0.15) is 6.10 Å². The lowest BCUT2D eigenvalue weighted by Gasteiger charge is -2.20. The van der Waals surface area contributed by atoms with Crippen LogP contribution in [0.5, 0.6) is 0 Å². The smallest absolute Gasteiger partial charge is 0.457 e. The predicted molar refractivity (Wildman–Crippen MR) is 261 cm³/mol. The maximum absolute atomic E-state index is 12.6. The van der Waals surface area contributed by atoms with Crippen molar-refractivity contribution < 1.29 is 32.8 Å². The van der Waals surface area contributed by atoms with Crippen molar-refractivity contribution in [2.45, 2.75) is 219 Å². The average Bonchev–Trinajstić information content (AvgIpc) is 3.25. The van der Waals surface area contributed by atoms with Crippen LogP contribution in [0.1, 0.15) is 213 Å². The van der Waals surface area contributed by atoms with Gasteiger partial charge in [-0.3, -0.25) is 13.8 Å². The van der Waals surface area contributed by atoms with Crippen molar-refractivity contribution in [1.82, 2.24) is 0 Å². The van der Waals surface area contributed by atoms with Gasteiger partial charge in [0, 0.05) is 19.6 Å². The minimum atomic E-state index is -4.29. The summed E-state index contributed by atoms with van der Waals surface area (Å²) in [6, 6.07) is 0. The van der Waals surface area contributed by atoms with E-state index in [1.54, 1.807) is 0 Å². The summed E-state index contributed by atoms with van der Waals surface area (Å²) in [6.45, 7) is 4.79. The molecule has 2 atom stereocenters. The first-order valence-electron chi connectivity index (χ1n) is 24.9. The van der Waals surface area contributed by atoms with E-state index in [1.165, 1.54) is 109 Å². The van der Waals surface area contributed by atoms with Crippen molar-refractivity contribution in [2.24, 2.45) is 5.73 Å². The van der Waals surface area contributed by atoms with E-state index in [-0.39, 0.29) is 38.8 Å². The molecule has 0 saturated heterocycles. The first-order valence-corrected chi connectivity index (χ1v) is 26.4. The summed E-state index contributed by atoms with van der Waals surface area (Å²) < 4.78 is 33.5. The van der Waals surface area contributed by atoms with Crippen LogP contribution in [0.3, 0.4) is 0 Å². The van der Waals surface area contributed by atoms with Gasteiger partial charge in [-0.2, -0.15) is 0 Å². The van der Waals surface area contributed by atoms with Crippen LogP contribution in [0.15, 0.2) is 72.9 Å². The second-order valence-corrected chi connectivity index (χ2v) is 17.8. The van der Waals surface area contributed by atoms with E-state index in [4.69, 9.17) is 24.3 Å². The molecule has 0 spiro atoms. The summed E-state index contributed by atoms with van der Waals surface area (Å²) in [6.07, 6.45) is 62.2. The highest BCUT2D eigenvalue weighted by Gasteiger charge is 2.25. The lowest BCUT2D eigenvalue weighted by molar-refractivity contribution is -0.154. The molecule has 0 heterocycles. The van der Waals surface area contributed by atoms with Gasteiger partial charge < -0.3 is 20.1 Å². The quantitative estimate of drug-likeness (QED) is 0.0269. The minimum absolute atomic E-state index is 0.0935. The molecule has 61 heavy (non-hydrogen) atoms. The predicted octanol–water partition coefficient (Wildman–Crippen LogP) is 15.5. The van der Waals surface area contributed by atoms with Crippen molar-refractivity contribution in [3.63, 3.8) is 0 Å². The fourth-order valence-corrected chi connectivity index (χ4v) is 7.53. The van der Waals surface area contributed by atoms with Crippen LogP contribution in [0, 0.1) is 0 Å². The number of ether oxygens (including phenoxy) is 2. The molecule has 0 fully saturated rings. The van der Waals surface area contributed by atoms with Gasteiger partial charge in [-0.15, -0.1) is 0 Å². The fourth-order valence-electron chi connectivity index (χ4n) is 6.77. The molecule has 0 saturated carbocycles. The summed E-state index contributed by atoms with van der Waals surface area (Å²) in [7, 11) is -4.29. The van der Waals surface area contributed by atoms with E-state index < -0.39 is 13.9 Å². The van der Waals surface area contributed by atoms with Gasteiger partial charge >= 0.3 is 13.8 Å². The standard InChI is InChI=1S/C52H94NO7P/c1-3-5-7-9-11-13-15-17-19-21-23-24-25-26-27-29-31-33-35-37-39-41-43-45-52(54)60-51(50-59-61(55,56)58-48-46-53)49-57-47-44-42-40-38-36-34-32-30-28-22-20-18-16-14-12-10-8-6-4-2/h5,7,11,13,17,19,23-24,26-27,31,33,51H,3-4,6,8-10,12,14-16,18,20-22,25,28-30,32,34-50,53H2,1-2H3,(H,55,56)/b7-5-,13-11-,19-17-,24-23-,27-26-,33-31-. The van der Waals surface area contributed by atoms with Crippen LogP contribution < -0.4 is 5.73 Å². The van der Waals surface area contributed by atoms with Gasteiger partial charge in [0.15, 0.2) is 0 Å². The summed E-state index contributed by atoms with van der Waals surface area (Å²) in [5.74, 6) is -0.353. The highest BCUT2D eigenvalue weighted by atomic mass is 31.2. The van der Waals surface area contributed by atoms with E-state index in [0.29, 0.717) is 6.61 Å². The Bertz CT molecular complexity index is 1160. The third kappa shape index (κ3) is 48.8.